The minimum atomic E-state index is 0.838. The van der Waals surface area contributed by atoms with Crippen LogP contribution in [0.5, 0.6) is 5.75 Å². The van der Waals surface area contributed by atoms with Gasteiger partial charge >= 0.3 is 0 Å². The molecule has 0 radical (unpaired) electrons. The Morgan fingerprint density at radius 2 is 2.05 bits per heavy atom. The second-order valence-electron chi connectivity index (χ2n) is 5.97. The molecule has 1 aliphatic rings. The summed E-state index contributed by atoms with van der Waals surface area (Å²) in [5.74, 6) is 1.90. The fraction of sp³-hybridized carbons (Fsp3) is 0.647. The first-order valence-electron chi connectivity index (χ1n) is 7.83. The van der Waals surface area contributed by atoms with Crippen LogP contribution in [0.2, 0.25) is 0 Å². The zero-order valence-electron chi connectivity index (χ0n) is 12.5. The lowest BCUT2D eigenvalue weighted by atomic mass is 10.00. The average Bonchev–Trinajstić information content (AvgIpc) is 2.41. The number of quaternary nitrogens is 1. The third kappa shape index (κ3) is 4.87. The van der Waals surface area contributed by atoms with E-state index in [4.69, 9.17) is 4.74 Å². The van der Waals surface area contributed by atoms with Gasteiger partial charge in [0.05, 0.1) is 19.7 Å². The van der Waals surface area contributed by atoms with Crippen molar-refractivity contribution in [3.05, 3.63) is 29.8 Å². The molecule has 0 saturated carbocycles. The highest BCUT2D eigenvalue weighted by Crippen LogP contribution is 2.13. The number of hydrogen-bond acceptors (Lipinski definition) is 1. The number of ether oxygens (including phenoxy) is 1. The van der Waals surface area contributed by atoms with E-state index >= 15 is 0 Å². The van der Waals surface area contributed by atoms with E-state index in [-0.39, 0.29) is 0 Å². The molecule has 2 atom stereocenters. The van der Waals surface area contributed by atoms with Gasteiger partial charge in [0, 0.05) is 11.5 Å². The van der Waals surface area contributed by atoms with Crippen LogP contribution in [0.3, 0.4) is 0 Å². The molecule has 1 fully saturated rings. The molecule has 1 saturated heterocycles. The van der Waals surface area contributed by atoms with Gasteiger partial charge in [0.2, 0.25) is 0 Å². The topological polar surface area (TPSA) is 13.7 Å². The van der Waals surface area contributed by atoms with Crippen LogP contribution in [-0.4, -0.2) is 19.7 Å². The first-order valence-corrected chi connectivity index (χ1v) is 7.83. The number of benzene rings is 1. The molecule has 1 unspecified atom stereocenters. The van der Waals surface area contributed by atoms with E-state index in [2.05, 4.69) is 38.1 Å². The highest BCUT2D eigenvalue weighted by Gasteiger charge is 2.19. The minimum Gasteiger partial charge on any atom is -0.494 e. The van der Waals surface area contributed by atoms with Gasteiger partial charge in [-0.1, -0.05) is 20.3 Å². The van der Waals surface area contributed by atoms with E-state index in [0.29, 0.717) is 0 Å². The lowest BCUT2D eigenvalue weighted by Crippen LogP contribution is -3.12. The third-order valence-corrected chi connectivity index (χ3v) is 4.01. The van der Waals surface area contributed by atoms with Crippen molar-refractivity contribution in [2.45, 2.75) is 46.1 Å². The van der Waals surface area contributed by atoms with Crippen LogP contribution in [0.15, 0.2) is 24.3 Å². The lowest BCUT2D eigenvalue weighted by molar-refractivity contribution is -0.922. The first-order chi connectivity index (χ1) is 9.28. The van der Waals surface area contributed by atoms with Crippen molar-refractivity contribution in [3.8, 4) is 5.75 Å². The molecule has 0 aromatic heterocycles. The zero-order valence-corrected chi connectivity index (χ0v) is 12.5. The fourth-order valence-corrected chi connectivity index (χ4v) is 2.88. The minimum absolute atomic E-state index is 0.838. The maximum atomic E-state index is 5.70. The second-order valence-corrected chi connectivity index (χ2v) is 5.97. The Morgan fingerprint density at radius 1 is 1.26 bits per heavy atom. The highest BCUT2D eigenvalue weighted by molar-refractivity contribution is 5.26. The number of likely N-dealkylation sites (tertiary alicyclic amines) is 1. The van der Waals surface area contributed by atoms with Crippen molar-refractivity contribution in [2.75, 3.05) is 19.7 Å². The Hall–Kier alpha value is -1.02. The monoisotopic (exact) mass is 262 g/mol. The fourth-order valence-electron chi connectivity index (χ4n) is 2.88. The van der Waals surface area contributed by atoms with Gasteiger partial charge < -0.3 is 9.64 Å². The predicted molar refractivity (Wildman–Crippen MR) is 79.6 cm³/mol. The molecule has 1 aliphatic heterocycles. The predicted octanol–water partition coefficient (Wildman–Crippen LogP) is 2.68. The van der Waals surface area contributed by atoms with Crippen molar-refractivity contribution in [3.63, 3.8) is 0 Å². The third-order valence-electron chi connectivity index (χ3n) is 4.01. The summed E-state index contributed by atoms with van der Waals surface area (Å²) in [6.45, 7) is 9.23. The lowest BCUT2D eigenvalue weighted by Gasteiger charge is -2.27. The van der Waals surface area contributed by atoms with Crippen molar-refractivity contribution in [2.24, 2.45) is 5.92 Å². The molecule has 1 N–H and O–H groups in total. The zero-order chi connectivity index (χ0) is 13.5. The van der Waals surface area contributed by atoms with Crippen molar-refractivity contribution in [1.29, 1.82) is 0 Å². The largest absolute Gasteiger partial charge is 0.494 e. The summed E-state index contributed by atoms with van der Waals surface area (Å²) >= 11 is 0. The van der Waals surface area contributed by atoms with E-state index in [9.17, 15) is 0 Å². The number of nitrogens with one attached hydrogen (secondary N) is 1. The summed E-state index contributed by atoms with van der Waals surface area (Å²) in [5.41, 5.74) is 1.44. The number of hydrogen-bond donors (Lipinski definition) is 1. The first kappa shape index (κ1) is 14.4. The van der Waals surface area contributed by atoms with Crippen LogP contribution in [-0.2, 0) is 6.54 Å². The highest BCUT2D eigenvalue weighted by atomic mass is 16.5. The van der Waals surface area contributed by atoms with Crippen LogP contribution in [0.4, 0.5) is 0 Å². The van der Waals surface area contributed by atoms with Crippen molar-refractivity contribution >= 4 is 0 Å². The van der Waals surface area contributed by atoms with E-state index in [1.807, 2.05) is 0 Å². The molecule has 0 spiro atoms. The Kier molecular flexibility index (Phi) is 5.71. The standard InChI is InChI=1S/C17H27NO/c1-3-4-12-19-17-9-7-16(8-10-17)14-18-11-5-6-15(2)13-18/h7-10,15H,3-6,11-14H2,1-2H3/p+1/t15-/m1/s1. The molecule has 1 aromatic rings. The Balaban J connectivity index is 1.81. The maximum Gasteiger partial charge on any atom is 0.119 e. The normalized spacial score (nSPS) is 23.3. The molecule has 2 nitrogen and oxygen atoms in total. The molecular formula is C17H28NO+. The molecule has 0 amide bonds. The Labute approximate surface area is 117 Å². The van der Waals surface area contributed by atoms with E-state index in [0.717, 1.165) is 24.7 Å². The Morgan fingerprint density at radius 3 is 2.74 bits per heavy atom. The SMILES string of the molecule is CCCCOc1ccc(C[NH+]2CCC[C@@H](C)C2)cc1. The van der Waals surface area contributed by atoms with Gasteiger partial charge in [-0.25, -0.2) is 0 Å². The number of piperidine rings is 1. The van der Waals surface area contributed by atoms with E-state index in [1.54, 1.807) is 4.90 Å². The molecule has 1 heterocycles. The van der Waals surface area contributed by atoms with Gasteiger partial charge in [0.1, 0.15) is 12.3 Å². The van der Waals surface area contributed by atoms with E-state index < -0.39 is 0 Å². The van der Waals surface area contributed by atoms with Gasteiger partial charge in [0.15, 0.2) is 0 Å². The van der Waals surface area contributed by atoms with Gasteiger partial charge in [-0.2, -0.15) is 0 Å². The van der Waals surface area contributed by atoms with Gasteiger partial charge in [0.25, 0.3) is 0 Å². The number of unbranched alkanes of at least 4 members (excludes halogenated alkanes) is 1. The van der Waals surface area contributed by atoms with Gasteiger partial charge in [-0.3, -0.25) is 0 Å². The van der Waals surface area contributed by atoms with Gasteiger partial charge in [-0.15, -0.1) is 0 Å². The van der Waals surface area contributed by atoms with Crippen molar-refractivity contribution in [1.82, 2.24) is 0 Å². The van der Waals surface area contributed by atoms with E-state index in [1.165, 1.54) is 44.5 Å². The van der Waals surface area contributed by atoms with Crippen LogP contribution in [0.25, 0.3) is 0 Å². The van der Waals surface area contributed by atoms with Crippen LogP contribution in [0.1, 0.15) is 45.1 Å². The van der Waals surface area contributed by atoms with Gasteiger partial charge in [-0.05, 0) is 43.5 Å². The number of rotatable bonds is 6. The molecule has 0 aliphatic carbocycles. The Bertz CT molecular complexity index is 360. The van der Waals surface area contributed by atoms with Crippen LogP contribution in [0, 0.1) is 5.92 Å². The maximum absolute atomic E-state index is 5.70. The molecule has 1 aromatic carbocycles. The second kappa shape index (κ2) is 7.54. The average molecular weight is 262 g/mol. The molecule has 2 heteroatoms. The summed E-state index contributed by atoms with van der Waals surface area (Å²) in [6.07, 6.45) is 5.12. The van der Waals surface area contributed by atoms with Crippen molar-refractivity contribution < 1.29 is 9.64 Å². The summed E-state index contributed by atoms with van der Waals surface area (Å²) < 4.78 is 5.70. The summed E-state index contributed by atoms with van der Waals surface area (Å²) in [4.78, 5) is 1.73. The summed E-state index contributed by atoms with van der Waals surface area (Å²) in [6, 6.07) is 8.71. The molecule has 19 heavy (non-hydrogen) atoms. The molecule has 2 rings (SSSR count). The van der Waals surface area contributed by atoms with Crippen LogP contribution >= 0.6 is 0 Å². The quantitative estimate of drug-likeness (QED) is 0.778. The van der Waals surface area contributed by atoms with Crippen LogP contribution < -0.4 is 9.64 Å². The smallest absolute Gasteiger partial charge is 0.119 e. The molecule has 106 valence electrons. The summed E-state index contributed by atoms with van der Waals surface area (Å²) in [7, 11) is 0. The molecule has 0 bridgehead atoms. The molecular weight excluding hydrogens is 234 g/mol. The summed E-state index contributed by atoms with van der Waals surface area (Å²) in [5, 5.41) is 0.